The fourth-order valence-electron chi connectivity index (χ4n) is 0.123. The molecule has 1 aliphatic rings. The monoisotopic (exact) mass is 85.0 g/mol. The Morgan fingerprint density at radius 1 is 2.00 bits per heavy atom. The predicted molar refractivity (Wildman–Crippen MR) is 21.9 cm³/mol. The third-order valence-corrected chi connectivity index (χ3v) is 1.25. The molecule has 0 bridgehead atoms. The first kappa shape index (κ1) is 3.05. The van der Waals surface area contributed by atoms with Crippen LogP contribution in [-0.4, -0.2) is 11.0 Å². The van der Waals surface area contributed by atoms with Crippen molar-refractivity contribution in [3.05, 3.63) is 0 Å². The van der Waals surface area contributed by atoms with Gasteiger partial charge in [-0.3, -0.25) is 0 Å². The molecular weight excluding hydrogens is 82.1 g/mol. The average molecular weight is 85.1 g/mol. The molecule has 0 radical (unpaired) electrons. The van der Waals surface area contributed by atoms with Gasteiger partial charge in [0.15, 0.2) is 0 Å². The van der Waals surface area contributed by atoms with Gasteiger partial charge in [-0.15, -0.1) is 11.8 Å². The van der Waals surface area contributed by atoms with Crippen LogP contribution in [0.1, 0.15) is 0 Å². The molecule has 1 atom stereocenters. The maximum atomic E-state index is 7.94. The van der Waals surface area contributed by atoms with E-state index in [2.05, 4.69) is 6.07 Å². The van der Waals surface area contributed by atoms with Crippen molar-refractivity contribution in [3.63, 3.8) is 0 Å². The lowest BCUT2D eigenvalue weighted by molar-refractivity contribution is 1.37. The van der Waals surface area contributed by atoms with Crippen LogP contribution in [0.25, 0.3) is 0 Å². The summed E-state index contributed by atoms with van der Waals surface area (Å²) in [5.41, 5.74) is 0. The summed E-state index contributed by atoms with van der Waals surface area (Å²) >= 11 is 1.71. The van der Waals surface area contributed by atoms with Crippen molar-refractivity contribution in [1.29, 1.82) is 5.26 Å². The van der Waals surface area contributed by atoms with E-state index >= 15 is 0 Å². The molecular formula is C3H3NS. The van der Waals surface area contributed by atoms with Crippen molar-refractivity contribution in [2.24, 2.45) is 0 Å². The molecule has 1 heterocycles. The Morgan fingerprint density at radius 2 is 2.60 bits per heavy atom. The summed E-state index contributed by atoms with van der Waals surface area (Å²) in [5, 5.41) is 8.29. The zero-order chi connectivity index (χ0) is 3.70. The van der Waals surface area contributed by atoms with Gasteiger partial charge < -0.3 is 0 Å². The number of rotatable bonds is 0. The normalized spacial score (nSPS) is 32.2. The first-order valence-corrected chi connectivity index (χ1v) is 2.49. The fraction of sp³-hybridized carbons (Fsp3) is 0.667. The van der Waals surface area contributed by atoms with E-state index in [0.29, 0.717) is 5.25 Å². The van der Waals surface area contributed by atoms with Gasteiger partial charge in [0.2, 0.25) is 0 Å². The van der Waals surface area contributed by atoms with Gasteiger partial charge in [0.1, 0.15) is 5.25 Å². The van der Waals surface area contributed by atoms with Gasteiger partial charge in [-0.2, -0.15) is 5.26 Å². The maximum Gasteiger partial charge on any atom is 0.101 e. The van der Waals surface area contributed by atoms with Gasteiger partial charge in [0, 0.05) is 5.75 Å². The van der Waals surface area contributed by atoms with E-state index in [1.54, 1.807) is 11.8 Å². The summed E-state index contributed by atoms with van der Waals surface area (Å²) < 4.78 is 0. The highest BCUT2D eigenvalue weighted by molar-refractivity contribution is 8.07. The van der Waals surface area contributed by atoms with Crippen molar-refractivity contribution in [3.8, 4) is 6.07 Å². The minimum Gasteiger partial charge on any atom is -0.197 e. The van der Waals surface area contributed by atoms with Gasteiger partial charge in [-0.1, -0.05) is 0 Å². The molecule has 1 aliphatic heterocycles. The van der Waals surface area contributed by atoms with E-state index in [1.807, 2.05) is 0 Å². The largest absolute Gasteiger partial charge is 0.197 e. The summed E-state index contributed by atoms with van der Waals surface area (Å²) in [5.74, 6) is 1.07. The molecule has 2 heteroatoms. The third-order valence-electron chi connectivity index (χ3n) is 0.477. The van der Waals surface area contributed by atoms with Crippen molar-refractivity contribution in [2.75, 3.05) is 5.75 Å². The summed E-state index contributed by atoms with van der Waals surface area (Å²) in [6.07, 6.45) is 0. The number of thioether (sulfide) groups is 1. The first-order chi connectivity index (χ1) is 2.43. The zero-order valence-electron chi connectivity index (χ0n) is 2.64. The molecule has 0 spiro atoms. The van der Waals surface area contributed by atoms with Crippen LogP contribution in [0, 0.1) is 11.3 Å². The van der Waals surface area contributed by atoms with Gasteiger partial charge in [-0.05, 0) is 0 Å². The molecule has 0 aromatic carbocycles. The minimum absolute atomic E-state index is 0.356. The Balaban J connectivity index is 2.30. The van der Waals surface area contributed by atoms with E-state index in [4.69, 9.17) is 5.26 Å². The molecule has 0 aromatic rings. The standard InChI is InChI=1S/C3H3NS/c4-1-3-2-5-3/h3H,2H2. The predicted octanol–water partition coefficient (Wildman–Crippen LogP) is 0.625. The Hall–Kier alpha value is -0.160. The first-order valence-electron chi connectivity index (χ1n) is 1.44. The highest BCUT2D eigenvalue weighted by atomic mass is 32.2. The van der Waals surface area contributed by atoms with Crippen LogP contribution in [0.3, 0.4) is 0 Å². The van der Waals surface area contributed by atoms with E-state index in [1.165, 1.54) is 0 Å². The molecule has 1 saturated heterocycles. The van der Waals surface area contributed by atoms with Crippen molar-refractivity contribution in [1.82, 2.24) is 0 Å². The lowest BCUT2D eigenvalue weighted by Gasteiger charge is -1.49. The van der Waals surface area contributed by atoms with Crippen LogP contribution in [0.15, 0.2) is 0 Å². The second-order valence-electron chi connectivity index (χ2n) is 0.951. The second kappa shape index (κ2) is 0.908. The van der Waals surface area contributed by atoms with E-state index < -0.39 is 0 Å². The highest BCUT2D eigenvalue weighted by Crippen LogP contribution is 2.28. The SMILES string of the molecule is N#CC1CS1. The molecule has 5 heavy (non-hydrogen) atoms. The summed E-state index contributed by atoms with van der Waals surface area (Å²) in [7, 11) is 0. The Bertz CT molecular complexity index is 69.5. The van der Waals surface area contributed by atoms with Crippen LogP contribution in [0.2, 0.25) is 0 Å². The average Bonchev–Trinajstić information content (AvgIpc) is 2.12. The molecule has 0 N–H and O–H groups in total. The Morgan fingerprint density at radius 3 is 2.60 bits per heavy atom. The lowest BCUT2D eigenvalue weighted by atomic mass is 10.6. The Kier molecular flexibility index (Phi) is 0.553. The number of nitrogens with zero attached hydrogens (tertiary/aromatic N) is 1. The smallest absolute Gasteiger partial charge is 0.101 e. The molecule has 0 saturated carbocycles. The topological polar surface area (TPSA) is 23.8 Å². The summed E-state index contributed by atoms with van der Waals surface area (Å²) in [6, 6.07) is 2.10. The number of nitriles is 1. The fourth-order valence-corrected chi connectivity index (χ4v) is 0.368. The van der Waals surface area contributed by atoms with Crippen molar-refractivity contribution >= 4 is 11.8 Å². The molecule has 0 aliphatic carbocycles. The Labute approximate surface area is 35.0 Å². The van der Waals surface area contributed by atoms with Gasteiger partial charge >= 0.3 is 0 Å². The lowest BCUT2D eigenvalue weighted by Crippen LogP contribution is -1.65. The van der Waals surface area contributed by atoms with Gasteiger partial charge in [0.05, 0.1) is 6.07 Å². The van der Waals surface area contributed by atoms with Gasteiger partial charge in [0.25, 0.3) is 0 Å². The summed E-state index contributed by atoms with van der Waals surface area (Å²) in [6.45, 7) is 0. The number of hydrogen-bond donors (Lipinski definition) is 0. The molecule has 0 amide bonds. The molecule has 1 fully saturated rings. The van der Waals surface area contributed by atoms with Crippen molar-refractivity contribution < 1.29 is 0 Å². The maximum absolute atomic E-state index is 7.94. The van der Waals surface area contributed by atoms with Crippen molar-refractivity contribution in [2.45, 2.75) is 5.25 Å². The van der Waals surface area contributed by atoms with Crippen LogP contribution in [-0.2, 0) is 0 Å². The zero-order valence-corrected chi connectivity index (χ0v) is 3.46. The molecule has 26 valence electrons. The highest BCUT2D eigenvalue weighted by Gasteiger charge is 2.20. The van der Waals surface area contributed by atoms with E-state index in [-0.39, 0.29) is 0 Å². The van der Waals surface area contributed by atoms with Crippen LogP contribution >= 0.6 is 11.8 Å². The molecule has 1 nitrogen and oxygen atoms in total. The van der Waals surface area contributed by atoms with Crippen LogP contribution in [0.4, 0.5) is 0 Å². The second-order valence-corrected chi connectivity index (χ2v) is 2.19. The quantitative estimate of drug-likeness (QED) is 0.403. The molecule has 0 aromatic heterocycles. The third kappa shape index (κ3) is 0.555. The molecule has 1 rings (SSSR count). The molecule has 1 unspecified atom stereocenters. The number of hydrogen-bond acceptors (Lipinski definition) is 2. The minimum atomic E-state index is 0.356. The van der Waals surface area contributed by atoms with Crippen LogP contribution in [0.5, 0.6) is 0 Å². The summed E-state index contributed by atoms with van der Waals surface area (Å²) in [4.78, 5) is 0. The van der Waals surface area contributed by atoms with E-state index in [9.17, 15) is 0 Å². The van der Waals surface area contributed by atoms with Gasteiger partial charge in [-0.25, -0.2) is 0 Å². The van der Waals surface area contributed by atoms with Crippen LogP contribution < -0.4 is 0 Å². The van der Waals surface area contributed by atoms with E-state index in [0.717, 1.165) is 5.75 Å².